The highest BCUT2D eigenvalue weighted by atomic mass is 32.3. The monoisotopic (exact) mass is 976 g/mol. The van der Waals surface area contributed by atoms with Crippen molar-refractivity contribution in [3.05, 3.63) is 0 Å². The van der Waals surface area contributed by atoms with E-state index in [-0.39, 0.29) is 0 Å². The molecule has 4 fully saturated rings. The van der Waals surface area contributed by atoms with Gasteiger partial charge in [0.15, 0.2) is 43.5 Å². The molecule has 0 aliphatic carbocycles. The van der Waals surface area contributed by atoms with Gasteiger partial charge in [-0.15, -0.1) is 0 Å². The van der Waals surface area contributed by atoms with Gasteiger partial charge in [-0.3, -0.25) is 18.5 Å². The lowest BCUT2D eigenvalue weighted by Gasteiger charge is -2.45. The minimum absolute atomic E-state index is 0.610. The zero-order valence-electron chi connectivity index (χ0n) is 31.0. The summed E-state index contributed by atoms with van der Waals surface area (Å²) in [5, 5.41) is 110. The van der Waals surface area contributed by atoms with Gasteiger partial charge in [-0.1, -0.05) is 0 Å². The molecule has 1 amide bonds. The number of amides is 1. The van der Waals surface area contributed by atoms with E-state index in [4.69, 9.17) is 52.3 Å². The summed E-state index contributed by atoms with van der Waals surface area (Å²) in [6.07, 6.45) is -33.6. The maximum absolute atomic E-state index is 11.3. The molecule has 62 heavy (non-hydrogen) atoms. The van der Waals surface area contributed by atoms with E-state index in [0.717, 1.165) is 6.92 Å². The molecule has 0 spiro atoms. The maximum Gasteiger partial charge on any atom is 0.397 e. The lowest BCUT2D eigenvalue weighted by molar-refractivity contribution is -0.340. The van der Waals surface area contributed by atoms with Crippen molar-refractivity contribution in [2.75, 3.05) is 13.2 Å². The van der Waals surface area contributed by atoms with Crippen LogP contribution in [0.3, 0.4) is 0 Å². The molecule has 362 valence electrons. The molecule has 0 aromatic rings. The van der Waals surface area contributed by atoms with Crippen molar-refractivity contribution in [1.29, 1.82) is 0 Å². The van der Waals surface area contributed by atoms with Crippen LogP contribution in [0.25, 0.3) is 0 Å². The van der Waals surface area contributed by atoms with E-state index in [1.54, 1.807) is 0 Å². The van der Waals surface area contributed by atoms with Crippen LogP contribution in [0.2, 0.25) is 0 Å². The smallest absolute Gasteiger partial charge is 0.397 e. The summed E-state index contributed by atoms with van der Waals surface area (Å²) >= 11 is 0. The number of aliphatic hydroxyl groups is 9. The highest BCUT2D eigenvalue weighted by Gasteiger charge is 2.54. The number of aliphatic carboxylic acids is 2. The van der Waals surface area contributed by atoms with Crippen molar-refractivity contribution in [3.63, 3.8) is 0 Å². The molecule has 0 bridgehead atoms. The molecule has 4 rings (SSSR count). The maximum atomic E-state index is 11.3. The number of nitrogens with one attached hydrogen (secondary N) is 2. The third-order valence-electron chi connectivity index (χ3n) is 8.92. The van der Waals surface area contributed by atoms with Gasteiger partial charge in [0.05, 0.1) is 25.4 Å². The van der Waals surface area contributed by atoms with Crippen LogP contribution in [0, 0.1) is 0 Å². The summed E-state index contributed by atoms with van der Waals surface area (Å²) in [6, 6.07) is -3.07. The van der Waals surface area contributed by atoms with E-state index in [0.29, 0.717) is 0 Å². The van der Waals surface area contributed by atoms with E-state index in [2.05, 4.69) is 13.7 Å². The molecule has 4 heterocycles. The van der Waals surface area contributed by atoms with E-state index >= 15 is 0 Å². The van der Waals surface area contributed by atoms with Gasteiger partial charge in [0.2, 0.25) is 5.91 Å². The minimum atomic E-state index is -5.39. The summed E-state index contributed by atoms with van der Waals surface area (Å²) < 4.78 is 133. The summed E-state index contributed by atoms with van der Waals surface area (Å²) in [6.45, 7) is -0.748. The lowest BCUT2D eigenvalue weighted by Crippen LogP contribution is -2.67. The Kier molecular flexibility index (Phi) is 18.7. The van der Waals surface area contributed by atoms with Crippen LogP contribution in [0.15, 0.2) is 0 Å². The van der Waals surface area contributed by atoms with Crippen molar-refractivity contribution < 1.29 is 146 Å². The van der Waals surface area contributed by atoms with Gasteiger partial charge in [-0.05, 0) is 6.42 Å². The average molecular weight is 977 g/mol. The molecular formula is C26H44N2O31S3. The average Bonchev–Trinajstić information content (AvgIpc) is 3.13. The molecule has 36 heteroatoms. The van der Waals surface area contributed by atoms with Crippen LogP contribution in [0.1, 0.15) is 13.3 Å². The van der Waals surface area contributed by atoms with Crippen LogP contribution < -0.4 is 10.0 Å². The first-order valence-corrected chi connectivity index (χ1v) is 21.3. The molecule has 0 saturated carbocycles. The van der Waals surface area contributed by atoms with Crippen LogP contribution in [-0.4, -0.2) is 243 Å². The van der Waals surface area contributed by atoms with Gasteiger partial charge in [0.25, 0.3) is 0 Å². The predicted molar refractivity (Wildman–Crippen MR) is 182 cm³/mol. The summed E-state index contributed by atoms with van der Waals surface area (Å²) in [4.78, 5) is 33.7. The van der Waals surface area contributed by atoms with E-state index in [9.17, 15) is 85.6 Å². The zero-order valence-corrected chi connectivity index (χ0v) is 33.5. The summed E-state index contributed by atoms with van der Waals surface area (Å²) in [7, 11) is -15.5. The third-order valence-corrected chi connectivity index (χ3v) is 10.4. The van der Waals surface area contributed by atoms with Crippen LogP contribution in [0.4, 0.5) is 0 Å². The second-order valence-electron chi connectivity index (χ2n) is 13.4. The molecular weight excluding hydrogens is 932 g/mol. The highest BCUT2D eigenvalue weighted by molar-refractivity contribution is 7.83. The largest absolute Gasteiger partial charge is 0.479 e. The van der Waals surface area contributed by atoms with Gasteiger partial charge in [0, 0.05) is 6.92 Å². The molecule has 4 saturated heterocycles. The van der Waals surface area contributed by atoms with Gasteiger partial charge < -0.3 is 89.9 Å². The minimum Gasteiger partial charge on any atom is -0.479 e. The Morgan fingerprint density at radius 2 is 1.18 bits per heavy atom. The Labute approximate surface area is 348 Å². The number of hydrogen-bond acceptors (Lipinski definition) is 26. The molecule has 0 radical (unpaired) electrons. The highest BCUT2D eigenvalue weighted by Crippen LogP contribution is 2.32. The zero-order chi connectivity index (χ0) is 47.4. The molecule has 4 aliphatic heterocycles. The van der Waals surface area contributed by atoms with Crippen molar-refractivity contribution in [3.8, 4) is 0 Å². The Bertz CT molecular complexity index is 1870. The standard InChI is InChI=1S/C14H23NO12.C12H21NO19S3/c1-3(17)15-5-6(18)10(4(2-16)25-13(5)24)26-14-9(21)7(19)8(20)11(27-14)12(22)23;14-6-7(15)9(32-35(25,26)27)12(31-8(6)10(16)17)30-4-1-3(13-33(19,20)21)11(18)29-5(4)2-28-34(22,23)24/h4-11,13-14,16,18-21,24H,2H2,1H3,(H,15,17)(H,22,23);3-9,11-15,18H,1-2H2,(H,16,17)(H,19,20,21)(H,22,23,24)(H,25,26,27)/t4?,5?,6-,7+,8+,9?,10-,11?,13-,14-;3?,4-,5?,6-,7-,8?,9?,11+,12+/m10/s1. The summed E-state index contributed by atoms with van der Waals surface area (Å²) in [5.74, 6) is -4.11. The topological polar surface area (TPSA) is 535 Å². The predicted octanol–water partition coefficient (Wildman–Crippen LogP) is -10.4. The lowest BCUT2D eigenvalue weighted by atomic mass is 9.95. The Balaban J connectivity index is 0.000000341. The molecule has 4 aliphatic rings. The van der Waals surface area contributed by atoms with Crippen LogP contribution in [-0.2, 0) is 82.3 Å². The molecule has 19 atom stereocenters. The SMILES string of the molecule is CC(=O)NC1[C@H](O)OC(CO)[C@@H](O[C@@H]2OC(C(=O)O)[C@@H](O)[C@H](O)C2O)[C@@H]1O.O=C(O)C1O[C@@H](O[C@H]2CC(NS(=O)(=O)O)[C@H](O)OC2COS(=O)(=O)O)C(OS(=O)(=O)O)[C@@H](O)[C@@H]1O. The second-order valence-corrected chi connectivity index (χ2v) is 16.7. The number of rotatable bonds is 15. The first-order chi connectivity index (χ1) is 28.3. The van der Waals surface area contributed by atoms with E-state index < -0.39 is 185 Å². The number of aliphatic hydroxyl groups excluding tert-OH is 9. The second kappa shape index (κ2) is 21.6. The third kappa shape index (κ3) is 14.7. The molecule has 33 nitrogen and oxygen atoms in total. The van der Waals surface area contributed by atoms with Gasteiger partial charge in [-0.2, -0.15) is 30.0 Å². The molecule has 0 aromatic carbocycles. The molecule has 16 N–H and O–H groups in total. The fourth-order valence-corrected chi connectivity index (χ4v) is 7.53. The molecule has 8 unspecified atom stereocenters. The number of carbonyl (C=O) groups is 3. The van der Waals surface area contributed by atoms with Crippen molar-refractivity contribution in [2.45, 2.75) is 130 Å². The van der Waals surface area contributed by atoms with Crippen molar-refractivity contribution in [1.82, 2.24) is 10.0 Å². The Morgan fingerprint density at radius 3 is 1.66 bits per heavy atom. The fourth-order valence-electron chi connectivity index (χ4n) is 6.15. The quantitative estimate of drug-likeness (QED) is 0.0678. The van der Waals surface area contributed by atoms with Gasteiger partial charge in [-0.25, -0.2) is 18.0 Å². The van der Waals surface area contributed by atoms with Gasteiger partial charge >= 0.3 is 43.0 Å². The first kappa shape index (κ1) is 53.8. The van der Waals surface area contributed by atoms with Crippen LogP contribution in [0.5, 0.6) is 0 Å². The van der Waals surface area contributed by atoms with Crippen molar-refractivity contribution in [2.24, 2.45) is 0 Å². The fraction of sp³-hybridized carbons (Fsp3) is 0.885. The van der Waals surface area contributed by atoms with E-state index in [1.807, 2.05) is 0 Å². The number of hydrogen-bond donors (Lipinski definition) is 16. The summed E-state index contributed by atoms with van der Waals surface area (Å²) in [5.41, 5.74) is 0. The Morgan fingerprint density at radius 1 is 0.645 bits per heavy atom. The number of carboxylic acids is 2. The normalized spacial score (nSPS) is 40.7. The number of carbonyl (C=O) groups excluding carboxylic acids is 1. The van der Waals surface area contributed by atoms with Crippen molar-refractivity contribution >= 4 is 48.9 Å². The number of ether oxygens (including phenoxy) is 6. The van der Waals surface area contributed by atoms with Gasteiger partial charge in [0.1, 0.15) is 61.0 Å². The molecule has 0 aromatic heterocycles. The Hall–Kier alpha value is -2.58. The van der Waals surface area contributed by atoms with E-state index in [1.165, 1.54) is 4.72 Å². The van der Waals surface area contributed by atoms with Crippen LogP contribution >= 0.6 is 0 Å². The first-order valence-electron chi connectivity index (χ1n) is 17.1. The number of carboxylic acid groups (broad SMARTS) is 2.